The molecule has 0 fully saturated rings. The molecule has 0 aliphatic carbocycles. The van der Waals surface area contributed by atoms with Crippen molar-refractivity contribution >= 4 is 33.0 Å². The molecule has 0 saturated carbocycles. The minimum atomic E-state index is -0.230. The van der Waals surface area contributed by atoms with Crippen LogP contribution < -0.4 is 19.8 Å². The molecule has 3 aromatic rings. The second-order valence-corrected chi connectivity index (χ2v) is 6.78. The molecule has 0 N–H and O–H groups in total. The van der Waals surface area contributed by atoms with E-state index in [1.165, 1.54) is 4.68 Å². The Morgan fingerprint density at radius 2 is 1.79 bits per heavy atom. The van der Waals surface area contributed by atoms with Crippen LogP contribution in [0.2, 0.25) is 0 Å². The van der Waals surface area contributed by atoms with Gasteiger partial charge in [-0.1, -0.05) is 22.9 Å². The Balaban J connectivity index is 2.13. The molecule has 0 aliphatic rings. The molecular formula is C20H20BrN3O4. The monoisotopic (exact) mass is 445 g/mol. The van der Waals surface area contributed by atoms with Crippen molar-refractivity contribution in [2.45, 2.75) is 13.3 Å². The summed E-state index contributed by atoms with van der Waals surface area (Å²) in [5.41, 5.74) is 1.11. The fourth-order valence-electron chi connectivity index (χ4n) is 2.84. The molecule has 0 spiro atoms. The summed E-state index contributed by atoms with van der Waals surface area (Å²) >= 11 is 3.39. The highest BCUT2D eigenvalue weighted by Gasteiger charge is 2.13. The van der Waals surface area contributed by atoms with Gasteiger partial charge in [0, 0.05) is 16.5 Å². The zero-order valence-corrected chi connectivity index (χ0v) is 17.6. The Kier molecular flexibility index (Phi) is 5.99. The van der Waals surface area contributed by atoms with Crippen LogP contribution in [-0.2, 0) is 6.42 Å². The number of hydrogen-bond acceptors (Lipinski definition) is 6. The third kappa shape index (κ3) is 3.73. The summed E-state index contributed by atoms with van der Waals surface area (Å²) < 4.78 is 18.2. The topological polar surface area (TPSA) is 74.9 Å². The van der Waals surface area contributed by atoms with Crippen molar-refractivity contribution in [1.82, 2.24) is 9.66 Å². The highest BCUT2D eigenvalue weighted by atomic mass is 79.9. The fraction of sp³-hybridized carbons (Fsp3) is 0.250. The molecule has 0 aliphatic heterocycles. The molecule has 0 bridgehead atoms. The number of benzene rings is 2. The average Bonchev–Trinajstić information content (AvgIpc) is 2.72. The van der Waals surface area contributed by atoms with Gasteiger partial charge < -0.3 is 14.2 Å². The van der Waals surface area contributed by atoms with Crippen LogP contribution in [0.1, 0.15) is 18.3 Å². The number of hydrogen-bond donors (Lipinski definition) is 0. The van der Waals surface area contributed by atoms with E-state index in [0.717, 1.165) is 4.47 Å². The second-order valence-electron chi connectivity index (χ2n) is 5.86. The summed E-state index contributed by atoms with van der Waals surface area (Å²) in [6.45, 7) is 1.93. The van der Waals surface area contributed by atoms with Gasteiger partial charge in [-0.15, -0.1) is 0 Å². The maximum Gasteiger partial charge on any atom is 0.282 e. The number of nitrogens with zero attached hydrogens (tertiary/aromatic N) is 3. The standard InChI is InChI=1S/C20H20BrN3O4/c1-5-18-23-15-7-6-13(21)10-14(15)20(25)24(18)22-11-12-8-16(26-2)19(28-4)17(9-12)27-3/h6-11H,5H2,1-4H3. The predicted molar refractivity (Wildman–Crippen MR) is 112 cm³/mol. The van der Waals surface area contributed by atoms with E-state index in [4.69, 9.17) is 14.2 Å². The minimum Gasteiger partial charge on any atom is -0.493 e. The SMILES string of the molecule is CCc1nc2ccc(Br)cc2c(=O)n1N=Cc1cc(OC)c(OC)c(OC)c1. The Labute approximate surface area is 170 Å². The van der Waals surface area contributed by atoms with Crippen LogP contribution in [0.4, 0.5) is 0 Å². The molecule has 28 heavy (non-hydrogen) atoms. The van der Waals surface area contributed by atoms with E-state index in [1.54, 1.807) is 45.7 Å². The van der Waals surface area contributed by atoms with Gasteiger partial charge in [0.1, 0.15) is 5.82 Å². The lowest BCUT2D eigenvalue weighted by Crippen LogP contribution is -2.22. The number of rotatable bonds is 6. The van der Waals surface area contributed by atoms with Crippen molar-refractivity contribution in [2.24, 2.45) is 5.10 Å². The molecule has 8 heteroatoms. The molecule has 1 aromatic heterocycles. The Morgan fingerprint density at radius 3 is 2.36 bits per heavy atom. The maximum atomic E-state index is 12.9. The molecule has 0 radical (unpaired) electrons. The highest BCUT2D eigenvalue weighted by Crippen LogP contribution is 2.37. The molecule has 0 saturated heterocycles. The number of ether oxygens (including phenoxy) is 3. The summed E-state index contributed by atoms with van der Waals surface area (Å²) in [7, 11) is 4.63. The molecule has 0 amide bonds. The normalized spacial score (nSPS) is 11.2. The van der Waals surface area contributed by atoms with Crippen LogP contribution >= 0.6 is 15.9 Å². The molecule has 2 aromatic carbocycles. The van der Waals surface area contributed by atoms with Gasteiger partial charge in [-0.25, -0.2) is 4.98 Å². The van der Waals surface area contributed by atoms with E-state index in [1.807, 2.05) is 19.1 Å². The van der Waals surface area contributed by atoms with Gasteiger partial charge in [-0.3, -0.25) is 4.79 Å². The molecule has 3 rings (SSSR count). The first-order valence-corrected chi connectivity index (χ1v) is 9.37. The first-order valence-electron chi connectivity index (χ1n) is 8.57. The first kappa shape index (κ1) is 19.9. The zero-order valence-electron chi connectivity index (χ0n) is 16.0. The van der Waals surface area contributed by atoms with Crippen molar-refractivity contribution < 1.29 is 14.2 Å². The molecular weight excluding hydrogens is 426 g/mol. The quantitative estimate of drug-likeness (QED) is 0.541. The molecule has 0 atom stereocenters. The number of fused-ring (bicyclic) bond motifs is 1. The molecule has 1 heterocycles. The van der Waals surface area contributed by atoms with Crippen LogP contribution in [0.25, 0.3) is 10.9 Å². The van der Waals surface area contributed by atoms with Crippen molar-refractivity contribution in [1.29, 1.82) is 0 Å². The zero-order chi connectivity index (χ0) is 20.3. The summed E-state index contributed by atoms with van der Waals surface area (Å²) in [6.07, 6.45) is 2.13. The fourth-order valence-corrected chi connectivity index (χ4v) is 3.20. The van der Waals surface area contributed by atoms with E-state index in [9.17, 15) is 4.79 Å². The van der Waals surface area contributed by atoms with E-state index < -0.39 is 0 Å². The van der Waals surface area contributed by atoms with Crippen molar-refractivity contribution in [3.05, 3.63) is 56.5 Å². The van der Waals surface area contributed by atoms with Crippen LogP contribution in [0.15, 0.2) is 44.7 Å². The minimum absolute atomic E-state index is 0.230. The maximum absolute atomic E-state index is 12.9. The van der Waals surface area contributed by atoms with Gasteiger partial charge in [-0.05, 0) is 30.3 Å². The third-order valence-corrected chi connectivity index (χ3v) is 4.69. The average molecular weight is 446 g/mol. The Hall–Kier alpha value is -2.87. The summed E-state index contributed by atoms with van der Waals surface area (Å²) in [5, 5.41) is 4.88. The Morgan fingerprint density at radius 1 is 1.11 bits per heavy atom. The third-order valence-electron chi connectivity index (χ3n) is 4.20. The Bertz CT molecular complexity index is 1080. The van der Waals surface area contributed by atoms with Gasteiger partial charge >= 0.3 is 0 Å². The molecule has 7 nitrogen and oxygen atoms in total. The van der Waals surface area contributed by atoms with E-state index in [0.29, 0.717) is 46.0 Å². The van der Waals surface area contributed by atoms with Crippen LogP contribution in [0.3, 0.4) is 0 Å². The van der Waals surface area contributed by atoms with E-state index in [2.05, 4.69) is 26.0 Å². The first-order chi connectivity index (χ1) is 13.5. The molecule has 0 unspecified atom stereocenters. The molecule has 146 valence electrons. The lowest BCUT2D eigenvalue weighted by atomic mass is 10.2. The highest BCUT2D eigenvalue weighted by molar-refractivity contribution is 9.10. The van der Waals surface area contributed by atoms with Gasteiger partial charge in [0.2, 0.25) is 5.75 Å². The van der Waals surface area contributed by atoms with Gasteiger partial charge in [0.05, 0.1) is 38.4 Å². The second kappa shape index (κ2) is 8.43. The van der Waals surface area contributed by atoms with Crippen molar-refractivity contribution in [2.75, 3.05) is 21.3 Å². The van der Waals surface area contributed by atoms with Crippen LogP contribution in [0.5, 0.6) is 17.2 Å². The van der Waals surface area contributed by atoms with Crippen molar-refractivity contribution in [3.63, 3.8) is 0 Å². The smallest absolute Gasteiger partial charge is 0.282 e. The number of methoxy groups -OCH3 is 3. The van der Waals surface area contributed by atoms with Gasteiger partial charge in [-0.2, -0.15) is 9.78 Å². The number of aromatic nitrogens is 2. The van der Waals surface area contributed by atoms with Gasteiger partial charge in [0.15, 0.2) is 11.5 Å². The lowest BCUT2D eigenvalue weighted by molar-refractivity contribution is 0.324. The van der Waals surface area contributed by atoms with Gasteiger partial charge in [0.25, 0.3) is 5.56 Å². The number of aryl methyl sites for hydroxylation is 1. The predicted octanol–water partition coefficient (Wildman–Crippen LogP) is 3.63. The van der Waals surface area contributed by atoms with Crippen LogP contribution in [-0.4, -0.2) is 37.2 Å². The summed E-state index contributed by atoms with van der Waals surface area (Å²) in [5.74, 6) is 2.08. The number of halogens is 1. The van der Waals surface area contributed by atoms with E-state index in [-0.39, 0.29) is 5.56 Å². The lowest BCUT2D eigenvalue weighted by Gasteiger charge is -2.13. The summed E-state index contributed by atoms with van der Waals surface area (Å²) in [6, 6.07) is 8.93. The van der Waals surface area contributed by atoms with E-state index >= 15 is 0 Å². The van der Waals surface area contributed by atoms with Crippen LogP contribution in [0, 0.1) is 0 Å². The summed E-state index contributed by atoms with van der Waals surface area (Å²) in [4.78, 5) is 17.5. The largest absolute Gasteiger partial charge is 0.493 e. The van der Waals surface area contributed by atoms with Crippen molar-refractivity contribution in [3.8, 4) is 17.2 Å².